The van der Waals surface area contributed by atoms with E-state index in [1.165, 1.54) is 19.2 Å². The maximum Gasteiger partial charge on any atom is 0.349 e. The van der Waals surface area contributed by atoms with Crippen LogP contribution in [0, 0.1) is 10.1 Å². The van der Waals surface area contributed by atoms with E-state index in [9.17, 15) is 39.2 Å². The zero-order valence-corrected chi connectivity index (χ0v) is 51.0. The Bertz CT molecular complexity index is 2800. The van der Waals surface area contributed by atoms with E-state index in [4.69, 9.17) is 63.3 Å². The van der Waals surface area contributed by atoms with E-state index in [0.717, 1.165) is 24.3 Å². The Kier molecular flexibility index (Phi) is 35.6. The number of guanidine groups is 1. The SMILES string of the molecule is CCN(CC)c1ccc2cc(C(=O)NCCOCCOCCOCCOCCOCCOCCOCCOCCC(=O)NC(CCCN=C(N)N)C(=O)NC(C)c3cc(OC)c(OCCCC(=O)NCCc4ccc(O)cc4)cc3[N+](=O)[O-])c(=O)oc2c1. The van der Waals surface area contributed by atoms with Crippen molar-refractivity contribution in [3.63, 3.8) is 0 Å². The van der Waals surface area contributed by atoms with Crippen molar-refractivity contribution in [2.24, 2.45) is 16.5 Å². The molecule has 0 aliphatic rings. The predicted octanol–water partition coefficient (Wildman–Crippen LogP) is 3.45. The number of aromatic hydroxyl groups is 1. The lowest BCUT2D eigenvalue weighted by Crippen LogP contribution is -2.47. The molecule has 28 nitrogen and oxygen atoms in total. The molecular formula is C60H89N9O19. The number of phenolic OH excluding ortho intramolecular Hbond substituents is 1. The number of hydrogen-bond donors (Lipinski definition) is 7. The van der Waals surface area contributed by atoms with Crippen LogP contribution in [0.25, 0.3) is 11.0 Å². The number of carbonyl (C=O) groups excluding carboxylic acids is 4. The number of phenols is 1. The minimum atomic E-state index is -1.04. The van der Waals surface area contributed by atoms with Gasteiger partial charge in [-0.25, -0.2) is 4.79 Å². The second-order valence-corrected chi connectivity index (χ2v) is 19.6. The van der Waals surface area contributed by atoms with Gasteiger partial charge in [0, 0.05) is 62.7 Å². The van der Waals surface area contributed by atoms with Gasteiger partial charge in [0.2, 0.25) is 17.7 Å². The fourth-order valence-electron chi connectivity index (χ4n) is 8.47. The zero-order chi connectivity index (χ0) is 63.7. The number of nitro groups is 1. The van der Waals surface area contributed by atoms with Crippen LogP contribution in [0.3, 0.4) is 0 Å². The average molecular weight is 1240 g/mol. The second kappa shape index (κ2) is 43.0. The lowest BCUT2D eigenvalue weighted by Gasteiger charge is -2.22. The van der Waals surface area contributed by atoms with E-state index in [1.807, 2.05) is 32.0 Å². The highest BCUT2D eigenvalue weighted by atomic mass is 16.6. The van der Waals surface area contributed by atoms with Gasteiger partial charge in [0.05, 0.1) is 142 Å². The first-order chi connectivity index (χ1) is 42.6. The Labute approximate surface area is 512 Å². The lowest BCUT2D eigenvalue weighted by atomic mass is 10.0. The van der Waals surface area contributed by atoms with Crippen LogP contribution in [-0.2, 0) is 58.7 Å². The van der Waals surface area contributed by atoms with Crippen molar-refractivity contribution in [1.82, 2.24) is 21.3 Å². The van der Waals surface area contributed by atoms with E-state index < -0.39 is 40.4 Å². The number of nitrogens with one attached hydrogen (secondary N) is 4. The van der Waals surface area contributed by atoms with Gasteiger partial charge >= 0.3 is 5.63 Å². The van der Waals surface area contributed by atoms with Crippen LogP contribution in [0.4, 0.5) is 11.4 Å². The Hall–Kier alpha value is -7.70. The number of nitrogens with two attached hydrogens (primary N) is 2. The summed E-state index contributed by atoms with van der Waals surface area (Å²) < 4.78 is 61.0. The Morgan fingerprint density at radius 3 is 1.82 bits per heavy atom. The summed E-state index contributed by atoms with van der Waals surface area (Å²) in [6.45, 7) is 13.3. The molecule has 4 aromatic rings. The van der Waals surface area contributed by atoms with Crippen molar-refractivity contribution >= 4 is 51.9 Å². The summed E-state index contributed by atoms with van der Waals surface area (Å²) in [6.07, 6.45) is 1.47. The molecule has 4 amide bonds. The number of benzene rings is 3. The van der Waals surface area contributed by atoms with Crippen molar-refractivity contribution in [3.05, 3.63) is 97.9 Å². The highest BCUT2D eigenvalue weighted by molar-refractivity contribution is 5.97. The van der Waals surface area contributed by atoms with E-state index in [0.29, 0.717) is 116 Å². The predicted molar refractivity (Wildman–Crippen MR) is 327 cm³/mol. The largest absolute Gasteiger partial charge is 0.508 e. The number of ether oxygens (including phenoxy) is 10. The number of hydrogen-bond acceptors (Lipinski definition) is 21. The standard InChI is InChI=1S/C60H89N9O19/c1-5-68(6-2)46-14-13-45-39-49(59(75)88-52(45)40-46)57(73)64-21-24-80-26-28-82-30-32-84-34-36-86-38-37-85-35-33-83-31-29-81-27-25-79-23-18-56(72)67-50(9-7-19-65-60(61)62)58(74)66-43(3)48-41-53(78-4)54(42-51(48)69(76)77)87-22-8-10-55(71)63-20-17-44-11-15-47(70)16-12-44/h11-16,39-43,50,70H,5-10,17-38H2,1-4H3,(H,63,71)(H,64,73)(H,66,74)(H,67,72)(H4,61,62,65). The maximum atomic E-state index is 13.7. The second-order valence-electron chi connectivity index (χ2n) is 19.6. The molecule has 9 N–H and O–H groups in total. The molecule has 0 bridgehead atoms. The molecule has 28 heteroatoms. The summed E-state index contributed by atoms with van der Waals surface area (Å²) in [5, 5.41) is 33.4. The molecule has 1 aromatic heterocycles. The molecule has 88 heavy (non-hydrogen) atoms. The van der Waals surface area contributed by atoms with Crippen LogP contribution in [-0.4, -0.2) is 198 Å². The Morgan fingerprint density at radius 1 is 0.682 bits per heavy atom. The molecule has 0 fully saturated rings. The molecule has 4 rings (SSSR count). The number of nitro benzene ring substituents is 1. The number of amides is 4. The van der Waals surface area contributed by atoms with Gasteiger partial charge in [-0.3, -0.25) is 34.3 Å². The number of anilines is 1. The van der Waals surface area contributed by atoms with Crippen LogP contribution in [0.1, 0.15) is 80.4 Å². The van der Waals surface area contributed by atoms with Crippen molar-refractivity contribution in [2.45, 2.75) is 71.4 Å². The maximum absolute atomic E-state index is 13.7. The topological polar surface area (TPSA) is 370 Å². The minimum Gasteiger partial charge on any atom is -0.508 e. The Balaban J connectivity index is 0.973. The van der Waals surface area contributed by atoms with Gasteiger partial charge in [0.25, 0.3) is 11.6 Å². The van der Waals surface area contributed by atoms with Crippen molar-refractivity contribution in [1.29, 1.82) is 0 Å². The first-order valence-corrected chi connectivity index (χ1v) is 29.6. The normalized spacial score (nSPS) is 11.8. The molecule has 488 valence electrons. The van der Waals surface area contributed by atoms with Crippen LogP contribution in [0.2, 0.25) is 0 Å². The first kappa shape index (κ1) is 72.8. The fraction of sp³-hybridized carbons (Fsp3) is 0.567. The van der Waals surface area contributed by atoms with Crippen molar-refractivity contribution < 1.29 is 81.0 Å². The third-order valence-corrected chi connectivity index (χ3v) is 13.1. The van der Waals surface area contributed by atoms with E-state index in [-0.39, 0.29) is 111 Å². The van der Waals surface area contributed by atoms with Crippen LogP contribution >= 0.6 is 0 Å². The number of fused-ring (bicyclic) bond motifs is 1. The van der Waals surface area contributed by atoms with Gasteiger partial charge in [-0.2, -0.15) is 0 Å². The van der Waals surface area contributed by atoms with E-state index in [1.54, 1.807) is 37.3 Å². The third kappa shape index (κ3) is 28.9. The molecule has 3 aromatic carbocycles. The number of aliphatic imine (C=N–C) groups is 1. The summed E-state index contributed by atoms with van der Waals surface area (Å²) in [6, 6.07) is 14.5. The molecule has 0 saturated carbocycles. The molecular weight excluding hydrogens is 1150 g/mol. The average Bonchev–Trinajstić information content (AvgIpc) is 1.13. The number of carbonyl (C=O) groups is 4. The molecule has 0 aliphatic carbocycles. The number of rotatable bonds is 49. The number of methoxy groups -OCH3 is 1. The molecule has 0 aliphatic heterocycles. The molecule has 1 heterocycles. The van der Waals surface area contributed by atoms with Crippen molar-refractivity contribution in [3.8, 4) is 17.2 Å². The van der Waals surface area contributed by atoms with Crippen LogP contribution in [0.15, 0.2) is 74.9 Å². The van der Waals surface area contributed by atoms with Gasteiger partial charge in [0.1, 0.15) is 22.9 Å². The van der Waals surface area contributed by atoms with Gasteiger partial charge < -0.3 is 94.5 Å². The Morgan fingerprint density at radius 2 is 1.26 bits per heavy atom. The molecule has 2 atom stereocenters. The molecule has 0 spiro atoms. The lowest BCUT2D eigenvalue weighted by molar-refractivity contribution is -0.385. The first-order valence-electron chi connectivity index (χ1n) is 29.6. The van der Waals surface area contributed by atoms with Crippen molar-refractivity contribution in [2.75, 3.05) is 157 Å². The van der Waals surface area contributed by atoms with E-state index in [2.05, 4.69) is 31.2 Å². The van der Waals surface area contributed by atoms with Crippen LogP contribution in [0.5, 0.6) is 17.2 Å². The summed E-state index contributed by atoms with van der Waals surface area (Å²) in [5.74, 6) is -1.50. The summed E-state index contributed by atoms with van der Waals surface area (Å²) in [7, 11) is 1.37. The highest BCUT2D eigenvalue weighted by Gasteiger charge is 2.28. The van der Waals surface area contributed by atoms with Crippen LogP contribution < -0.4 is 52.7 Å². The van der Waals surface area contributed by atoms with Gasteiger partial charge in [0.15, 0.2) is 17.5 Å². The molecule has 0 radical (unpaired) electrons. The summed E-state index contributed by atoms with van der Waals surface area (Å²) >= 11 is 0. The highest BCUT2D eigenvalue weighted by Crippen LogP contribution is 2.38. The molecule has 0 saturated heterocycles. The quantitative estimate of drug-likeness (QED) is 0.00831. The zero-order valence-electron chi connectivity index (χ0n) is 51.0. The smallest absolute Gasteiger partial charge is 0.349 e. The summed E-state index contributed by atoms with van der Waals surface area (Å²) in [5.41, 5.74) is 12.3. The molecule has 2 unspecified atom stereocenters. The fourth-order valence-corrected chi connectivity index (χ4v) is 8.47. The minimum absolute atomic E-state index is 0.0475. The van der Waals surface area contributed by atoms with Gasteiger partial charge in [-0.05, 0) is 88.4 Å². The van der Waals surface area contributed by atoms with E-state index >= 15 is 0 Å². The van der Waals surface area contributed by atoms with Gasteiger partial charge in [-0.15, -0.1) is 0 Å². The van der Waals surface area contributed by atoms with Gasteiger partial charge in [-0.1, -0.05) is 12.1 Å². The summed E-state index contributed by atoms with van der Waals surface area (Å²) in [4.78, 5) is 82.0. The third-order valence-electron chi connectivity index (χ3n) is 13.1. The number of nitrogens with zero attached hydrogens (tertiary/aromatic N) is 3. The monoisotopic (exact) mass is 1240 g/mol.